The highest BCUT2D eigenvalue weighted by atomic mass is 16.5. The zero-order chi connectivity index (χ0) is 13.7. The number of aromatic amines is 1. The van der Waals surface area contributed by atoms with Crippen molar-refractivity contribution < 1.29 is 9.84 Å². The lowest BCUT2D eigenvalue weighted by atomic mass is 9.96. The number of aryl methyl sites for hydroxylation is 1. The molecule has 1 aliphatic rings. The number of hydrogen-bond donors (Lipinski definition) is 2. The van der Waals surface area contributed by atoms with Crippen LogP contribution >= 0.6 is 0 Å². The smallest absolute Gasteiger partial charge is 0.0795 e. The van der Waals surface area contributed by atoms with Gasteiger partial charge in [0.1, 0.15) is 0 Å². The van der Waals surface area contributed by atoms with Crippen molar-refractivity contribution in [3.05, 3.63) is 17.0 Å². The number of nitrogens with one attached hydrogen (secondary N) is 1. The maximum absolute atomic E-state index is 8.60. The highest BCUT2D eigenvalue weighted by molar-refractivity contribution is 5.29. The minimum atomic E-state index is -0.176. The Labute approximate surface area is 110 Å². The van der Waals surface area contributed by atoms with E-state index in [2.05, 4.69) is 44.8 Å². The van der Waals surface area contributed by atoms with E-state index in [1.165, 1.54) is 17.0 Å². The lowest BCUT2D eigenvalue weighted by Crippen LogP contribution is -2.02. The van der Waals surface area contributed by atoms with Crippen LogP contribution in [0.15, 0.2) is 0 Å². The van der Waals surface area contributed by atoms with E-state index >= 15 is 0 Å². The van der Waals surface area contributed by atoms with Crippen molar-refractivity contribution in [3.63, 3.8) is 0 Å². The molecule has 2 N–H and O–H groups in total. The maximum atomic E-state index is 8.60. The number of aliphatic hydroxyl groups is 1. The molecule has 1 aromatic rings. The SMILES string of the molecule is Cc1[nH]nc(C(C)C)c1C(C)C.OC1CCOC1. The first-order valence-corrected chi connectivity index (χ1v) is 6.74. The molecular formula is C14H26N2O2. The molecular weight excluding hydrogens is 228 g/mol. The summed E-state index contributed by atoms with van der Waals surface area (Å²) in [5.74, 6) is 1.09. The number of rotatable bonds is 2. The van der Waals surface area contributed by atoms with Crippen molar-refractivity contribution in [2.24, 2.45) is 0 Å². The Morgan fingerprint density at radius 3 is 2.22 bits per heavy atom. The lowest BCUT2D eigenvalue weighted by Gasteiger charge is -2.09. The summed E-state index contributed by atoms with van der Waals surface area (Å²) in [4.78, 5) is 0. The quantitative estimate of drug-likeness (QED) is 0.853. The molecule has 1 atom stereocenters. The van der Waals surface area contributed by atoms with Gasteiger partial charge in [0, 0.05) is 12.3 Å². The summed E-state index contributed by atoms with van der Waals surface area (Å²) in [5, 5.41) is 16.0. The fourth-order valence-electron chi connectivity index (χ4n) is 2.15. The van der Waals surface area contributed by atoms with Gasteiger partial charge >= 0.3 is 0 Å². The lowest BCUT2D eigenvalue weighted by molar-refractivity contribution is 0.127. The van der Waals surface area contributed by atoms with E-state index in [-0.39, 0.29) is 6.10 Å². The predicted octanol–water partition coefficient (Wildman–Crippen LogP) is 2.73. The molecule has 2 rings (SSSR count). The summed E-state index contributed by atoms with van der Waals surface area (Å²) in [7, 11) is 0. The average molecular weight is 254 g/mol. The maximum Gasteiger partial charge on any atom is 0.0795 e. The Morgan fingerprint density at radius 2 is 1.94 bits per heavy atom. The molecule has 0 radical (unpaired) electrons. The van der Waals surface area contributed by atoms with E-state index in [1.807, 2.05) is 0 Å². The zero-order valence-electron chi connectivity index (χ0n) is 12.2. The number of aromatic nitrogens is 2. The third-order valence-electron chi connectivity index (χ3n) is 3.05. The summed E-state index contributed by atoms with van der Waals surface area (Å²) in [6.07, 6.45) is 0.644. The van der Waals surface area contributed by atoms with E-state index in [4.69, 9.17) is 9.84 Å². The Morgan fingerprint density at radius 1 is 1.28 bits per heavy atom. The summed E-state index contributed by atoms with van der Waals surface area (Å²) >= 11 is 0. The van der Waals surface area contributed by atoms with Crippen LogP contribution in [0.5, 0.6) is 0 Å². The molecule has 1 unspecified atom stereocenters. The van der Waals surface area contributed by atoms with Crippen LogP contribution in [-0.2, 0) is 4.74 Å². The summed E-state index contributed by atoms with van der Waals surface area (Å²) in [6.45, 7) is 12.2. The van der Waals surface area contributed by atoms with Gasteiger partial charge in [-0.2, -0.15) is 5.10 Å². The van der Waals surface area contributed by atoms with Crippen molar-refractivity contribution in [1.82, 2.24) is 10.2 Å². The minimum Gasteiger partial charge on any atom is -0.391 e. The molecule has 0 aliphatic carbocycles. The van der Waals surface area contributed by atoms with E-state index in [0.717, 1.165) is 13.0 Å². The van der Waals surface area contributed by atoms with Crippen LogP contribution in [0, 0.1) is 6.92 Å². The molecule has 1 fully saturated rings. The van der Waals surface area contributed by atoms with E-state index < -0.39 is 0 Å². The molecule has 0 spiro atoms. The molecule has 104 valence electrons. The Balaban J connectivity index is 0.000000225. The van der Waals surface area contributed by atoms with Crippen molar-refractivity contribution in [3.8, 4) is 0 Å². The summed E-state index contributed by atoms with van der Waals surface area (Å²) in [5.41, 5.74) is 3.83. The first-order valence-electron chi connectivity index (χ1n) is 6.74. The molecule has 1 saturated heterocycles. The van der Waals surface area contributed by atoms with Crippen molar-refractivity contribution >= 4 is 0 Å². The summed E-state index contributed by atoms with van der Waals surface area (Å²) in [6, 6.07) is 0. The number of nitrogens with zero attached hydrogens (tertiary/aromatic N) is 1. The van der Waals surface area contributed by atoms with Crippen LogP contribution in [-0.4, -0.2) is 34.6 Å². The van der Waals surface area contributed by atoms with Crippen LogP contribution < -0.4 is 0 Å². The van der Waals surface area contributed by atoms with Gasteiger partial charge in [0.25, 0.3) is 0 Å². The Bertz CT molecular complexity index is 353. The van der Waals surface area contributed by atoms with Gasteiger partial charge in [0.05, 0.1) is 18.4 Å². The zero-order valence-corrected chi connectivity index (χ0v) is 12.2. The molecule has 1 aliphatic heterocycles. The fraction of sp³-hybridized carbons (Fsp3) is 0.786. The number of hydrogen-bond acceptors (Lipinski definition) is 3. The van der Waals surface area contributed by atoms with Gasteiger partial charge in [-0.25, -0.2) is 0 Å². The van der Waals surface area contributed by atoms with Crippen molar-refractivity contribution in [2.75, 3.05) is 13.2 Å². The van der Waals surface area contributed by atoms with Gasteiger partial charge in [0.15, 0.2) is 0 Å². The van der Waals surface area contributed by atoms with Crippen LogP contribution in [0.1, 0.15) is 62.9 Å². The second kappa shape index (κ2) is 6.90. The van der Waals surface area contributed by atoms with Gasteiger partial charge in [-0.15, -0.1) is 0 Å². The van der Waals surface area contributed by atoms with E-state index in [9.17, 15) is 0 Å². The van der Waals surface area contributed by atoms with Gasteiger partial charge < -0.3 is 9.84 Å². The monoisotopic (exact) mass is 254 g/mol. The highest BCUT2D eigenvalue weighted by Crippen LogP contribution is 2.26. The largest absolute Gasteiger partial charge is 0.391 e. The fourth-order valence-corrected chi connectivity index (χ4v) is 2.15. The van der Waals surface area contributed by atoms with Crippen molar-refractivity contribution in [1.29, 1.82) is 0 Å². The van der Waals surface area contributed by atoms with E-state index in [1.54, 1.807) is 0 Å². The van der Waals surface area contributed by atoms with Crippen LogP contribution in [0.25, 0.3) is 0 Å². The predicted molar refractivity (Wildman–Crippen MR) is 72.9 cm³/mol. The molecule has 4 nitrogen and oxygen atoms in total. The van der Waals surface area contributed by atoms with Crippen LogP contribution in [0.2, 0.25) is 0 Å². The molecule has 4 heteroatoms. The average Bonchev–Trinajstić information content (AvgIpc) is 2.87. The highest BCUT2D eigenvalue weighted by Gasteiger charge is 2.15. The van der Waals surface area contributed by atoms with Gasteiger partial charge in [-0.1, -0.05) is 27.7 Å². The molecule has 18 heavy (non-hydrogen) atoms. The topological polar surface area (TPSA) is 58.1 Å². The Hall–Kier alpha value is -0.870. The van der Waals surface area contributed by atoms with Gasteiger partial charge in [0.2, 0.25) is 0 Å². The molecule has 0 saturated carbocycles. The van der Waals surface area contributed by atoms with Gasteiger partial charge in [-0.05, 0) is 30.7 Å². The number of aliphatic hydroxyl groups excluding tert-OH is 1. The third kappa shape index (κ3) is 4.10. The number of H-pyrrole nitrogens is 1. The van der Waals surface area contributed by atoms with Crippen molar-refractivity contribution in [2.45, 2.75) is 59.0 Å². The molecule has 2 heterocycles. The van der Waals surface area contributed by atoms with Crippen LogP contribution in [0.4, 0.5) is 0 Å². The first-order chi connectivity index (χ1) is 8.43. The normalized spacial score (nSPS) is 19.2. The molecule has 1 aromatic heterocycles. The molecule has 0 aromatic carbocycles. The summed E-state index contributed by atoms with van der Waals surface area (Å²) < 4.78 is 4.81. The first kappa shape index (κ1) is 15.2. The minimum absolute atomic E-state index is 0.176. The van der Waals surface area contributed by atoms with Gasteiger partial charge in [-0.3, -0.25) is 5.10 Å². The Kier molecular flexibility index (Phi) is 5.82. The molecule has 0 bridgehead atoms. The second-order valence-electron chi connectivity index (χ2n) is 5.47. The molecule has 0 amide bonds. The third-order valence-corrected chi connectivity index (χ3v) is 3.05. The van der Waals surface area contributed by atoms with Crippen LogP contribution in [0.3, 0.4) is 0 Å². The number of ether oxygens (including phenoxy) is 1. The second-order valence-corrected chi connectivity index (χ2v) is 5.47. The van der Waals surface area contributed by atoms with E-state index in [0.29, 0.717) is 18.4 Å². The standard InChI is InChI=1S/C10H18N2.C4H8O2/c1-6(2)9-8(5)11-12-10(9)7(3)4;5-4-1-2-6-3-4/h6-7H,1-5H3,(H,11,12);4-5H,1-3H2.